The van der Waals surface area contributed by atoms with Crippen LogP contribution in [0, 0.1) is 0 Å². The van der Waals surface area contributed by atoms with Crippen molar-refractivity contribution in [3.63, 3.8) is 0 Å². The average Bonchev–Trinajstić information content (AvgIpc) is 2.67. The fraction of sp³-hybridized carbons (Fsp3) is 0.286. The maximum atomic E-state index is 10.3. The number of nitrogens with one attached hydrogen (secondary N) is 1. The van der Waals surface area contributed by atoms with Crippen LogP contribution in [0.15, 0.2) is 71.5 Å². The van der Waals surface area contributed by atoms with Crippen molar-refractivity contribution in [2.24, 2.45) is 4.99 Å². The Bertz CT molecular complexity index is 798. The third kappa shape index (κ3) is 3.38. The molecule has 128 valence electrons. The Morgan fingerprint density at radius 1 is 1.08 bits per heavy atom. The molecule has 0 amide bonds. The van der Waals surface area contributed by atoms with Gasteiger partial charge in [0.15, 0.2) is 6.17 Å². The van der Waals surface area contributed by atoms with Crippen LogP contribution in [0.2, 0.25) is 0 Å². The molecule has 2 aromatic carbocycles. The summed E-state index contributed by atoms with van der Waals surface area (Å²) in [6.45, 7) is 1.85. The largest absolute Gasteiger partial charge is 0.508 e. The molecule has 2 aromatic rings. The molecule has 2 aliphatic rings. The van der Waals surface area contributed by atoms with E-state index in [4.69, 9.17) is 4.99 Å². The molecule has 2 N–H and O–H groups in total. The van der Waals surface area contributed by atoms with Gasteiger partial charge < -0.3 is 15.3 Å². The highest BCUT2D eigenvalue weighted by molar-refractivity contribution is 6.00. The van der Waals surface area contributed by atoms with E-state index < -0.39 is 0 Å². The number of nitrogens with zero attached hydrogens (tertiary/aromatic N) is 2. The molecule has 1 unspecified atom stereocenters. The number of phenolic OH excluding ortho intramolecular Hbond substituents is 1. The van der Waals surface area contributed by atoms with Crippen molar-refractivity contribution in [1.29, 1.82) is 0 Å². The SMILES string of the molecule is Oc1ccccc1C1N=C2CCCNC2=CN1CCc1ccccc1. The van der Waals surface area contributed by atoms with Crippen molar-refractivity contribution < 1.29 is 5.11 Å². The summed E-state index contributed by atoms with van der Waals surface area (Å²) >= 11 is 0. The predicted molar refractivity (Wildman–Crippen MR) is 100 cm³/mol. The summed E-state index contributed by atoms with van der Waals surface area (Å²) < 4.78 is 0. The number of fused-ring (bicyclic) bond motifs is 1. The smallest absolute Gasteiger partial charge is 0.150 e. The normalized spacial score (nSPS) is 19.5. The van der Waals surface area contributed by atoms with Gasteiger partial charge in [0.25, 0.3) is 0 Å². The summed E-state index contributed by atoms with van der Waals surface area (Å²) in [6.07, 6.45) is 5.06. The van der Waals surface area contributed by atoms with Crippen LogP contribution < -0.4 is 5.32 Å². The predicted octanol–water partition coefficient (Wildman–Crippen LogP) is 3.61. The van der Waals surface area contributed by atoms with Gasteiger partial charge in [0.1, 0.15) is 5.75 Å². The van der Waals surface area contributed by atoms with Gasteiger partial charge in [-0.3, -0.25) is 4.99 Å². The quantitative estimate of drug-likeness (QED) is 0.898. The van der Waals surface area contributed by atoms with E-state index in [0.717, 1.165) is 49.3 Å². The highest BCUT2D eigenvalue weighted by Gasteiger charge is 2.27. The van der Waals surface area contributed by atoms with Gasteiger partial charge in [-0.05, 0) is 30.9 Å². The van der Waals surface area contributed by atoms with Gasteiger partial charge in [-0.1, -0.05) is 48.5 Å². The van der Waals surface area contributed by atoms with Gasteiger partial charge in [-0.15, -0.1) is 0 Å². The Kier molecular flexibility index (Phi) is 4.42. The zero-order chi connectivity index (χ0) is 17.1. The van der Waals surface area contributed by atoms with Crippen LogP contribution in [0.5, 0.6) is 5.75 Å². The van der Waals surface area contributed by atoms with Crippen molar-refractivity contribution in [1.82, 2.24) is 10.2 Å². The number of aliphatic imine (C=N–C) groups is 1. The lowest BCUT2D eigenvalue weighted by Gasteiger charge is -2.35. The van der Waals surface area contributed by atoms with Crippen LogP contribution in [0.1, 0.15) is 30.1 Å². The second-order valence-corrected chi connectivity index (χ2v) is 6.55. The summed E-state index contributed by atoms with van der Waals surface area (Å²) in [4.78, 5) is 7.22. The molecule has 2 aliphatic heterocycles. The number of hydrogen-bond acceptors (Lipinski definition) is 4. The first-order valence-corrected chi connectivity index (χ1v) is 8.91. The summed E-state index contributed by atoms with van der Waals surface area (Å²) in [5, 5.41) is 13.8. The number of benzene rings is 2. The van der Waals surface area contributed by atoms with Crippen molar-refractivity contribution in [3.8, 4) is 5.75 Å². The van der Waals surface area contributed by atoms with Crippen molar-refractivity contribution in [2.75, 3.05) is 13.1 Å². The van der Waals surface area contributed by atoms with E-state index in [0.29, 0.717) is 5.75 Å². The van der Waals surface area contributed by atoms with Crippen molar-refractivity contribution >= 4 is 5.71 Å². The zero-order valence-corrected chi connectivity index (χ0v) is 14.2. The van der Waals surface area contributed by atoms with Crippen LogP contribution in [0.3, 0.4) is 0 Å². The number of rotatable bonds is 4. The van der Waals surface area contributed by atoms with E-state index in [2.05, 4.69) is 40.7 Å². The zero-order valence-electron chi connectivity index (χ0n) is 14.2. The van der Waals surface area contributed by atoms with Crippen LogP contribution in [-0.4, -0.2) is 28.8 Å². The molecular weight excluding hydrogens is 310 g/mol. The Hall–Kier alpha value is -2.75. The summed E-state index contributed by atoms with van der Waals surface area (Å²) in [5.74, 6) is 0.308. The minimum Gasteiger partial charge on any atom is -0.508 e. The topological polar surface area (TPSA) is 47.9 Å². The molecule has 0 bridgehead atoms. The van der Waals surface area contributed by atoms with E-state index in [1.54, 1.807) is 6.07 Å². The average molecular weight is 333 g/mol. The fourth-order valence-electron chi connectivity index (χ4n) is 3.47. The van der Waals surface area contributed by atoms with Gasteiger partial charge in [0.05, 0.1) is 11.4 Å². The molecule has 0 spiro atoms. The van der Waals surface area contributed by atoms with Gasteiger partial charge in [0.2, 0.25) is 0 Å². The maximum Gasteiger partial charge on any atom is 0.150 e. The van der Waals surface area contributed by atoms with Gasteiger partial charge in [-0.25, -0.2) is 0 Å². The number of phenols is 1. The molecule has 0 aromatic heterocycles. The first-order chi connectivity index (χ1) is 12.3. The molecule has 1 atom stereocenters. The van der Waals surface area contributed by atoms with E-state index >= 15 is 0 Å². The highest BCUT2D eigenvalue weighted by Crippen LogP contribution is 2.34. The third-order valence-corrected chi connectivity index (χ3v) is 4.82. The number of piperidine rings is 1. The molecule has 2 heterocycles. The minimum atomic E-state index is -0.163. The number of aromatic hydroxyl groups is 1. The third-order valence-electron chi connectivity index (χ3n) is 4.82. The molecule has 4 nitrogen and oxygen atoms in total. The first kappa shape index (κ1) is 15.8. The number of allylic oxidation sites excluding steroid dienone is 1. The maximum absolute atomic E-state index is 10.3. The lowest BCUT2D eigenvalue weighted by atomic mass is 10.0. The molecule has 0 aliphatic carbocycles. The Morgan fingerprint density at radius 2 is 1.88 bits per heavy atom. The monoisotopic (exact) mass is 333 g/mol. The van der Waals surface area contributed by atoms with Gasteiger partial charge >= 0.3 is 0 Å². The highest BCUT2D eigenvalue weighted by atomic mass is 16.3. The first-order valence-electron chi connectivity index (χ1n) is 8.91. The number of para-hydroxylation sites is 1. The Labute approximate surface area is 148 Å². The Balaban J connectivity index is 1.62. The summed E-state index contributed by atoms with van der Waals surface area (Å²) in [5.41, 5.74) is 4.42. The van der Waals surface area contributed by atoms with Crippen LogP contribution in [-0.2, 0) is 6.42 Å². The van der Waals surface area contributed by atoms with E-state index in [9.17, 15) is 5.11 Å². The van der Waals surface area contributed by atoms with Crippen molar-refractivity contribution in [2.45, 2.75) is 25.4 Å². The molecule has 25 heavy (non-hydrogen) atoms. The van der Waals surface area contributed by atoms with Crippen LogP contribution >= 0.6 is 0 Å². The second-order valence-electron chi connectivity index (χ2n) is 6.55. The molecule has 0 radical (unpaired) electrons. The lowest BCUT2D eigenvalue weighted by Crippen LogP contribution is -2.37. The van der Waals surface area contributed by atoms with Gasteiger partial charge in [-0.2, -0.15) is 0 Å². The Morgan fingerprint density at radius 3 is 2.72 bits per heavy atom. The summed E-state index contributed by atoms with van der Waals surface area (Å²) in [7, 11) is 0. The van der Waals surface area contributed by atoms with Crippen LogP contribution in [0.4, 0.5) is 0 Å². The molecule has 1 saturated heterocycles. The molecule has 0 saturated carbocycles. The molecule has 1 fully saturated rings. The molecule has 4 rings (SSSR count). The number of hydrogen-bond donors (Lipinski definition) is 2. The van der Waals surface area contributed by atoms with E-state index in [1.807, 2.05) is 24.3 Å². The second kappa shape index (κ2) is 7.01. The van der Waals surface area contributed by atoms with Gasteiger partial charge in [0, 0.05) is 24.9 Å². The lowest BCUT2D eigenvalue weighted by molar-refractivity contribution is 0.275. The standard InChI is InChI=1S/C21H23N3O/c25-20-11-5-4-9-17(20)21-23-18-10-6-13-22-19(18)15-24(21)14-12-16-7-2-1-3-8-16/h1-5,7-9,11,15,21-22,25H,6,10,12-14H2. The van der Waals surface area contributed by atoms with E-state index in [-0.39, 0.29) is 6.17 Å². The molecule has 4 heteroatoms. The fourth-order valence-corrected chi connectivity index (χ4v) is 3.47. The van der Waals surface area contributed by atoms with Crippen LogP contribution in [0.25, 0.3) is 0 Å². The summed E-state index contributed by atoms with van der Waals surface area (Å²) in [6, 6.07) is 18.0. The van der Waals surface area contributed by atoms with E-state index in [1.165, 1.54) is 5.56 Å². The molecular formula is C21H23N3O. The minimum absolute atomic E-state index is 0.163. The van der Waals surface area contributed by atoms with Crippen molar-refractivity contribution in [3.05, 3.63) is 77.6 Å².